The normalized spacial score (nSPS) is 19.3. The molecule has 0 N–H and O–H groups in total. The fourth-order valence-corrected chi connectivity index (χ4v) is 5.05. The molecule has 2 aromatic rings. The van der Waals surface area contributed by atoms with Crippen LogP contribution in [0.5, 0.6) is 0 Å². The maximum atomic E-state index is 12.7. The summed E-state index contributed by atoms with van der Waals surface area (Å²) in [5, 5.41) is 0.494. The zero-order valence-electron chi connectivity index (χ0n) is 15.6. The van der Waals surface area contributed by atoms with Crippen molar-refractivity contribution in [3.8, 4) is 0 Å². The number of fused-ring (bicyclic) bond motifs is 2. The van der Waals surface area contributed by atoms with Crippen LogP contribution >= 0.6 is 11.3 Å². The van der Waals surface area contributed by atoms with Crippen LogP contribution in [0, 0.1) is 12.8 Å². The van der Waals surface area contributed by atoms with E-state index in [2.05, 4.69) is 11.9 Å². The zero-order chi connectivity index (χ0) is 19.1. The molecule has 1 saturated heterocycles. The molecule has 2 aliphatic heterocycles. The number of aryl methyl sites for hydroxylation is 2. The number of ether oxygens (including phenoxy) is 1. The molecule has 1 atom stereocenters. The highest BCUT2D eigenvalue weighted by atomic mass is 32.1. The van der Waals surface area contributed by atoms with E-state index in [9.17, 15) is 14.4 Å². The zero-order valence-corrected chi connectivity index (χ0v) is 16.4. The van der Waals surface area contributed by atoms with Gasteiger partial charge in [-0.3, -0.25) is 14.2 Å². The summed E-state index contributed by atoms with van der Waals surface area (Å²) in [5.41, 5.74) is 0.512. The SMILES string of the molecule is Cc1c(C(=O)OCC(=O)N2CCC[C@H](C)C2)sc2nc3n(c(=O)c12)CCC3. The highest BCUT2D eigenvalue weighted by Gasteiger charge is 2.26. The Balaban J connectivity index is 1.51. The van der Waals surface area contributed by atoms with Crippen molar-refractivity contribution in [3.05, 3.63) is 26.6 Å². The average Bonchev–Trinajstić information content (AvgIpc) is 3.24. The average molecular weight is 389 g/mol. The Morgan fingerprint density at radius 1 is 1.30 bits per heavy atom. The van der Waals surface area contributed by atoms with Gasteiger partial charge in [-0.15, -0.1) is 11.3 Å². The summed E-state index contributed by atoms with van der Waals surface area (Å²) < 4.78 is 6.97. The number of carbonyl (C=O) groups is 2. The molecule has 2 aromatic heterocycles. The number of amides is 1. The molecule has 0 unspecified atom stereocenters. The third-order valence-electron chi connectivity index (χ3n) is 5.43. The van der Waals surface area contributed by atoms with Crippen LogP contribution in [-0.2, 0) is 22.5 Å². The molecule has 1 amide bonds. The van der Waals surface area contributed by atoms with Crippen LogP contribution in [-0.4, -0.2) is 46.0 Å². The van der Waals surface area contributed by atoms with Crippen molar-refractivity contribution in [3.63, 3.8) is 0 Å². The van der Waals surface area contributed by atoms with Gasteiger partial charge < -0.3 is 9.64 Å². The molecule has 0 saturated carbocycles. The number of esters is 1. The van der Waals surface area contributed by atoms with Gasteiger partial charge in [-0.2, -0.15) is 0 Å². The van der Waals surface area contributed by atoms with Gasteiger partial charge in [0.15, 0.2) is 6.61 Å². The molecular formula is C19H23N3O4S. The first kappa shape index (κ1) is 18.2. The molecule has 2 aliphatic rings. The van der Waals surface area contributed by atoms with Crippen LogP contribution in [0.1, 0.15) is 47.2 Å². The van der Waals surface area contributed by atoms with Crippen molar-refractivity contribution in [2.24, 2.45) is 5.92 Å². The Bertz CT molecular complexity index is 977. The summed E-state index contributed by atoms with van der Waals surface area (Å²) in [4.78, 5) is 44.8. The van der Waals surface area contributed by atoms with Gasteiger partial charge in [0.1, 0.15) is 15.5 Å². The number of thiophene rings is 1. The summed E-state index contributed by atoms with van der Waals surface area (Å²) in [6.45, 7) is 5.71. The van der Waals surface area contributed by atoms with Gasteiger partial charge in [0, 0.05) is 26.1 Å². The third kappa shape index (κ3) is 3.26. The van der Waals surface area contributed by atoms with Gasteiger partial charge in [-0.25, -0.2) is 9.78 Å². The molecule has 0 spiro atoms. The fraction of sp³-hybridized carbons (Fsp3) is 0.579. The van der Waals surface area contributed by atoms with Gasteiger partial charge in [0.2, 0.25) is 0 Å². The largest absolute Gasteiger partial charge is 0.451 e. The second kappa shape index (κ2) is 7.07. The lowest BCUT2D eigenvalue weighted by atomic mass is 10.0. The highest BCUT2D eigenvalue weighted by molar-refractivity contribution is 7.20. The first-order valence-electron chi connectivity index (χ1n) is 9.43. The minimum absolute atomic E-state index is 0.0846. The van der Waals surface area contributed by atoms with E-state index in [0.717, 1.165) is 38.1 Å². The number of carbonyl (C=O) groups excluding carboxylic acids is 2. The number of hydrogen-bond donors (Lipinski definition) is 0. The first-order valence-corrected chi connectivity index (χ1v) is 10.2. The fourth-order valence-electron chi connectivity index (χ4n) is 3.97. The molecule has 4 heterocycles. The Morgan fingerprint density at radius 2 is 2.11 bits per heavy atom. The van der Waals surface area contributed by atoms with Crippen LogP contribution in [0.15, 0.2) is 4.79 Å². The molecule has 0 aromatic carbocycles. The molecule has 0 bridgehead atoms. The summed E-state index contributed by atoms with van der Waals surface area (Å²) >= 11 is 1.18. The van der Waals surface area contributed by atoms with Gasteiger partial charge in [-0.05, 0) is 37.7 Å². The van der Waals surface area contributed by atoms with Crippen LogP contribution in [0.2, 0.25) is 0 Å². The maximum absolute atomic E-state index is 12.7. The lowest BCUT2D eigenvalue weighted by molar-refractivity contribution is -0.136. The van der Waals surface area contributed by atoms with Crippen molar-refractivity contribution >= 4 is 33.4 Å². The first-order chi connectivity index (χ1) is 13.0. The number of aromatic nitrogens is 2. The minimum Gasteiger partial charge on any atom is -0.451 e. The van der Waals surface area contributed by atoms with E-state index in [4.69, 9.17) is 4.74 Å². The molecule has 27 heavy (non-hydrogen) atoms. The van der Waals surface area contributed by atoms with Crippen LogP contribution in [0.3, 0.4) is 0 Å². The molecule has 8 heteroatoms. The quantitative estimate of drug-likeness (QED) is 0.751. The molecule has 144 valence electrons. The number of piperidine rings is 1. The topological polar surface area (TPSA) is 81.5 Å². The van der Waals surface area contributed by atoms with Gasteiger partial charge in [-0.1, -0.05) is 6.92 Å². The standard InChI is InChI=1S/C19H23N3O4S/c1-11-5-3-7-21(9-11)14(23)10-26-19(25)16-12(2)15-17(27-16)20-13-6-4-8-22(13)18(15)24/h11H,3-10H2,1-2H3/t11-/m0/s1. The van der Waals surface area contributed by atoms with E-state index in [1.807, 2.05) is 0 Å². The molecule has 4 rings (SSSR count). The summed E-state index contributed by atoms with van der Waals surface area (Å²) in [6.07, 6.45) is 3.81. The second-order valence-corrected chi connectivity index (χ2v) is 8.49. The smallest absolute Gasteiger partial charge is 0.349 e. The molecular weight excluding hydrogens is 366 g/mol. The number of rotatable bonds is 3. The molecule has 0 radical (unpaired) electrons. The van der Waals surface area contributed by atoms with Gasteiger partial charge in [0.25, 0.3) is 11.5 Å². The molecule has 7 nitrogen and oxygen atoms in total. The van der Waals surface area contributed by atoms with E-state index in [1.165, 1.54) is 11.3 Å². The summed E-state index contributed by atoms with van der Waals surface area (Å²) in [7, 11) is 0. The van der Waals surface area contributed by atoms with E-state index in [0.29, 0.717) is 39.7 Å². The Kier molecular flexibility index (Phi) is 4.75. The van der Waals surface area contributed by atoms with Crippen molar-refractivity contribution in [1.82, 2.24) is 14.5 Å². The number of nitrogens with zero attached hydrogens (tertiary/aromatic N) is 3. The monoisotopic (exact) mass is 389 g/mol. The molecule has 1 fully saturated rings. The molecule has 0 aliphatic carbocycles. The van der Waals surface area contributed by atoms with Crippen molar-refractivity contribution < 1.29 is 14.3 Å². The van der Waals surface area contributed by atoms with Crippen molar-refractivity contribution in [2.45, 2.75) is 46.1 Å². The van der Waals surface area contributed by atoms with Gasteiger partial charge >= 0.3 is 5.97 Å². The summed E-state index contributed by atoms with van der Waals surface area (Å²) in [6, 6.07) is 0. The van der Waals surface area contributed by atoms with E-state index >= 15 is 0 Å². The second-order valence-electron chi connectivity index (χ2n) is 7.49. The van der Waals surface area contributed by atoms with Crippen molar-refractivity contribution in [2.75, 3.05) is 19.7 Å². The maximum Gasteiger partial charge on any atom is 0.349 e. The Hall–Kier alpha value is -2.22. The van der Waals surface area contributed by atoms with Gasteiger partial charge in [0.05, 0.1) is 5.39 Å². The number of likely N-dealkylation sites (tertiary alicyclic amines) is 1. The van der Waals surface area contributed by atoms with Crippen LogP contribution in [0.4, 0.5) is 0 Å². The van der Waals surface area contributed by atoms with Crippen LogP contribution < -0.4 is 5.56 Å². The van der Waals surface area contributed by atoms with E-state index in [-0.39, 0.29) is 18.1 Å². The third-order valence-corrected chi connectivity index (χ3v) is 6.60. The number of hydrogen-bond acceptors (Lipinski definition) is 6. The summed E-state index contributed by atoms with van der Waals surface area (Å²) in [5.74, 6) is 0.539. The Morgan fingerprint density at radius 3 is 2.89 bits per heavy atom. The lowest BCUT2D eigenvalue weighted by Gasteiger charge is -2.30. The predicted octanol–water partition coefficient (Wildman–Crippen LogP) is 2.13. The minimum atomic E-state index is -0.557. The van der Waals surface area contributed by atoms with E-state index in [1.54, 1.807) is 16.4 Å². The Labute approximate surface area is 160 Å². The van der Waals surface area contributed by atoms with Crippen molar-refractivity contribution in [1.29, 1.82) is 0 Å². The van der Waals surface area contributed by atoms with Crippen LogP contribution in [0.25, 0.3) is 10.2 Å². The predicted molar refractivity (Wildman–Crippen MR) is 102 cm³/mol. The highest BCUT2D eigenvalue weighted by Crippen LogP contribution is 2.29. The lowest BCUT2D eigenvalue weighted by Crippen LogP contribution is -2.41. The van der Waals surface area contributed by atoms with E-state index < -0.39 is 5.97 Å².